The van der Waals surface area contributed by atoms with Gasteiger partial charge in [0.1, 0.15) is 5.75 Å². The number of ether oxygens (including phenoxy) is 1. The van der Waals surface area contributed by atoms with Crippen molar-refractivity contribution in [3.8, 4) is 5.88 Å². The van der Waals surface area contributed by atoms with E-state index in [-0.39, 0.29) is 12.0 Å². The number of H-pyrrole nitrogens is 1. The van der Waals surface area contributed by atoms with E-state index in [2.05, 4.69) is 4.98 Å². The first-order valence-electron chi connectivity index (χ1n) is 5.14. The van der Waals surface area contributed by atoms with Crippen molar-refractivity contribution in [1.29, 1.82) is 0 Å². The topological polar surface area (TPSA) is 117 Å². The summed E-state index contributed by atoms with van der Waals surface area (Å²) in [6.07, 6.45) is 0.288. The summed E-state index contributed by atoms with van der Waals surface area (Å²) in [5, 5.41) is 9.52. The van der Waals surface area contributed by atoms with E-state index >= 15 is 0 Å². The molecule has 0 saturated heterocycles. The minimum absolute atomic E-state index is 0.0109. The Morgan fingerprint density at radius 2 is 1.94 bits per heavy atom. The number of hydrogen-bond acceptors (Lipinski definition) is 5. The molecule has 102 valence electrons. The maximum absolute atomic E-state index is 11.6. The summed E-state index contributed by atoms with van der Waals surface area (Å²) < 4.78 is 35.3. The summed E-state index contributed by atoms with van der Waals surface area (Å²) in [7, 11) is -2.81. The van der Waals surface area contributed by atoms with E-state index in [4.69, 9.17) is 9.29 Å². The van der Waals surface area contributed by atoms with Crippen molar-refractivity contribution in [2.45, 2.75) is 19.1 Å². The van der Waals surface area contributed by atoms with Crippen LogP contribution in [0.2, 0.25) is 0 Å². The number of aromatic hydroxyl groups is 1. The van der Waals surface area contributed by atoms with Crippen molar-refractivity contribution >= 4 is 10.1 Å². The fraction of sp³-hybridized carbons (Fsp3) is 0.500. The van der Waals surface area contributed by atoms with E-state index < -0.39 is 27.3 Å². The average molecular weight is 277 g/mol. The smallest absolute Gasteiger partial charge is 0.269 e. The van der Waals surface area contributed by atoms with Gasteiger partial charge >= 0.3 is 0 Å². The maximum Gasteiger partial charge on any atom is 0.269 e. The summed E-state index contributed by atoms with van der Waals surface area (Å²) in [6.45, 7) is 1.81. The number of aromatic nitrogens is 1. The first-order valence-corrected chi connectivity index (χ1v) is 6.75. The molecule has 0 aliphatic carbocycles. The molecule has 0 spiro atoms. The third kappa shape index (κ3) is 3.56. The molecule has 1 aromatic rings. The Labute approximate surface area is 104 Å². The lowest BCUT2D eigenvalue weighted by Gasteiger charge is -2.11. The monoisotopic (exact) mass is 277 g/mol. The number of nitrogens with one attached hydrogen (secondary N) is 1. The van der Waals surface area contributed by atoms with Crippen LogP contribution in [0, 0.1) is 6.92 Å². The van der Waals surface area contributed by atoms with E-state index in [1.54, 1.807) is 0 Å². The van der Waals surface area contributed by atoms with E-state index in [9.17, 15) is 18.3 Å². The summed E-state index contributed by atoms with van der Waals surface area (Å²) in [5.41, 5.74) is 0.156. The third-order valence-corrected chi connectivity index (χ3v) is 3.23. The molecular formula is C10H15NO6S. The lowest BCUT2D eigenvalue weighted by Crippen LogP contribution is -2.19. The summed E-state index contributed by atoms with van der Waals surface area (Å²) in [6, 6.07) is 0. The maximum atomic E-state index is 11.6. The molecule has 0 amide bonds. The molecule has 0 aliphatic heterocycles. The summed E-state index contributed by atoms with van der Waals surface area (Å²) >= 11 is 0. The highest BCUT2D eigenvalue weighted by atomic mass is 32.2. The third-order valence-electron chi connectivity index (χ3n) is 2.58. The van der Waals surface area contributed by atoms with Crippen molar-refractivity contribution in [2.24, 2.45) is 0 Å². The molecule has 7 nitrogen and oxygen atoms in total. The standard InChI is InChI=1S/C10H15NO6S/c1-6-7(3-4-17-2)9(12)11-10(13)8(6)5-18(14,15)16/h3-5H2,1-2H3,(H2,11,12,13)(H,14,15,16). The number of methoxy groups -OCH3 is 1. The van der Waals surface area contributed by atoms with Gasteiger partial charge in [0.05, 0.1) is 6.61 Å². The molecular weight excluding hydrogens is 262 g/mol. The van der Waals surface area contributed by atoms with E-state index in [1.165, 1.54) is 14.0 Å². The van der Waals surface area contributed by atoms with Gasteiger partial charge in [0.15, 0.2) is 5.88 Å². The van der Waals surface area contributed by atoms with Gasteiger partial charge in [-0.3, -0.25) is 14.3 Å². The van der Waals surface area contributed by atoms with Crippen molar-refractivity contribution in [3.05, 3.63) is 27.0 Å². The minimum atomic E-state index is -4.29. The predicted octanol–water partition coefficient (Wildman–Crippen LogP) is -0.0344. The number of rotatable bonds is 5. The fourth-order valence-electron chi connectivity index (χ4n) is 1.65. The molecule has 0 radical (unpaired) electrons. The van der Waals surface area contributed by atoms with Crippen molar-refractivity contribution in [3.63, 3.8) is 0 Å². The van der Waals surface area contributed by atoms with Crippen molar-refractivity contribution in [1.82, 2.24) is 4.98 Å². The zero-order valence-corrected chi connectivity index (χ0v) is 10.9. The first-order chi connectivity index (χ1) is 8.26. The highest BCUT2D eigenvalue weighted by Gasteiger charge is 2.18. The van der Waals surface area contributed by atoms with Gasteiger partial charge in [-0.05, 0) is 12.5 Å². The van der Waals surface area contributed by atoms with Gasteiger partial charge in [0, 0.05) is 24.7 Å². The largest absolute Gasteiger partial charge is 0.494 e. The lowest BCUT2D eigenvalue weighted by molar-refractivity contribution is 0.202. The van der Waals surface area contributed by atoms with Crippen molar-refractivity contribution < 1.29 is 22.8 Å². The number of pyridine rings is 1. The molecule has 3 N–H and O–H groups in total. The number of hydrogen-bond donors (Lipinski definition) is 3. The highest BCUT2D eigenvalue weighted by molar-refractivity contribution is 7.85. The van der Waals surface area contributed by atoms with E-state index in [1.807, 2.05) is 0 Å². The highest BCUT2D eigenvalue weighted by Crippen LogP contribution is 2.21. The quantitative estimate of drug-likeness (QED) is 0.650. The Hall–Kier alpha value is -1.38. The molecule has 0 unspecified atom stereocenters. The van der Waals surface area contributed by atoms with Crippen molar-refractivity contribution in [2.75, 3.05) is 13.7 Å². The Morgan fingerprint density at radius 1 is 1.33 bits per heavy atom. The van der Waals surface area contributed by atoms with E-state index in [0.717, 1.165) is 0 Å². The van der Waals surface area contributed by atoms with Crippen LogP contribution in [0.5, 0.6) is 5.88 Å². The molecule has 0 saturated carbocycles. The second-order valence-corrected chi connectivity index (χ2v) is 5.31. The van der Waals surface area contributed by atoms with Gasteiger partial charge in [-0.2, -0.15) is 8.42 Å². The van der Waals surface area contributed by atoms with Crippen LogP contribution in [-0.2, 0) is 27.0 Å². The van der Waals surface area contributed by atoms with Crippen LogP contribution in [0.25, 0.3) is 0 Å². The Morgan fingerprint density at radius 3 is 2.44 bits per heavy atom. The second kappa shape index (κ2) is 5.51. The van der Waals surface area contributed by atoms with Crippen LogP contribution in [0.1, 0.15) is 16.7 Å². The Bertz CT molecular complexity index is 589. The normalized spacial score (nSPS) is 11.7. The number of aromatic amines is 1. The van der Waals surface area contributed by atoms with Crippen LogP contribution in [0.15, 0.2) is 4.79 Å². The average Bonchev–Trinajstić information content (AvgIpc) is 2.23. The Kier molecular flexibility index (Phi) is 4.49. The molecule has 0 aromatic carbocycles. The van der Waals surface area contributed by atoms with Crippen LogP contribution in [0.3, 0.4) is 0 Å². The van der Waals surface area contributed by atoms with E-state index in [0.29, 0.717) is 17.7 Å². The lowest BCUT2D eigenvalue weighted by atomic mass is 10.0. The fourth-order valence-corrected chi connectivity index (χ4v) is 2.37. The van der Waals surface area contributed by atoms with Gasteiger partial charge in [-0.25, -0.2) is 0 Å². The summed E-state index contributed by atoms with van der Waals surface area (Å²) in [4.78, 5) is 13.8. The molecule has 1 heterocycles. The SMILES string of the molecule is COCCc1c(C)c(CS(=O)(=O)O)c(O)[nH]c1=O. The van der Waals surface area contributed by atoms with Crippen LogP contribution < -0.4 is 5.56 Å². The van der Waals surface area contributed by atoms with Gasteiger partial charge in [0.2, 0.25) is 0 Å². The molecule has 0 aliphatic rings. The minimum Gasteiger partial charge on any atom is -0.494 e. The van der Waals surface area contributed by atoms with Crippen LogP contribution in [0.4, 0.5) is 0 Å². The molecule has 0 fully saturated rings. The molecule has 1 rings (SSSR count). The van der Waals surface area contributed by atoms with Crippen LogP contribution >= 0.6 is 0 Å². The zero-order chi connectivity index (χ0) is 13.9. The Balaban J connectivity index is 3.31. The van der Waals surface area contributed by atoms with Gasteiger partial charge in [-0.15, -0.1) is 0 Å². The van der Waals surface area contributed by atoms with Gasteiger partial charge in [-0.1, -0.05) is 0 Å². The second-order valence-electron chi connectivity index (χ2n) is 3.85. The molecule has 8 heteroatoms. The zero-order valence-electron chi connectivity index (χ0n) is 10.1. The predicted molar refractivity (Wildman–Crippen MR) is 64.3 cm³/mol. The molecule has 0 bridgehead atoms. The van der Waals surface area contributed by atoms with Gasteiger partial charge < -0.3 is 9.84 Å². The van der Waals surface area contributed by atoms with Gasteiger partial charge in [0.25, 0.3) is 15.7 Å². The molecule has 1 aromatic heterocycles. The van der Waals surface area contributed by atoms with Crippen LogP contribution in [-0.4, -0.2) is 36.8 Å². The molecule has 18 heavy (non-hydrogen) atoms. The first kappa shape index (κ1) is 14.7. The summed E-state index contributed by atoms with van der Waals surface area (Å²) in [5.74, 6) is -1.29. The molecule has 0 atom stereocenters.